The van der Waals surface area contributed by atoms with Crippen LogP contribution in [-0.4, -0.2) is 56.2 Å². The Kier molecular flexibility index (Phi) is 6.59. The van der Waals surface area contributed by atoms with Gasteiger partial charge in [0.15, 0.2) is 0 Å². The quantitative estimate of drug-likeness (QED) is 0.391. The number of amides is 2. The minimum Gasteiger partial charge on any atom is -0.343 e. The van der Waals surface area contributed by atoms with Gasteiger partial charge in [-0.05, 0) is 68.9 Å². The van der Waals surface area contributed by atoms with Crippen LogP contribution in [0.4, 0.5) is 16.0 Å². The van der Waals surface area contributed by atoms with Gasteiger partial charge >= 0.3 is 5.69 Å². The maximum absolute atomic E-state index is 14.0. The second-order valence-electron chi connectivity index (χ2n) is 11.5. The largest absolute Gasteiger partial charge is 0.343 e. The van der Waals surface area contributed by atoms with E-state index in [0.717, 1.165) is 32.1 Å². The molecule has 42 heavy (non-hydrogen) atoms. The molecule has 1 saturated heterocycles. The molecular formula is C31H31FN6O4. The molecule has 0 bridgehead atoms. The zero-order chi connectivity index (χ0) is 29.0. The third-order valence-corrected chi connectivity index (χ3v) is 8.45. The van der Waals surface area contributed by atoms with Crippen LogP contribution < -0.4 is 16.1 Å². The smallest absolute Gasteiger partial charge is 0.333 e. The number of benzene rings is 1. The first-order chi connectivity index (χ1) is 20.4. The van der Waals surface area contributed by atoms with Crippen molar-refractivity contribution in [2.24, 2.45) is 4.99 Å². The highest BCUT2D eigenvalue weighted by Gasteiger charge is 2.37. The number of halogens is 1. The summed E-state index contributed by atoms with van der Waals surface area (Å²) in [6.45, 7) is 1.54. The highest BCUT2D eigenvalue weighted by molar-refractivity contribution is 6.07. The summed E-state index contributed by atoms with van der Waals surface area (Å²) in [5.74, 6) is 0.0821. The van der Waals surface area contributed by atoms with Gasteiger partial charge in [0.2, 0.25) is 5.91 Å². The Labute approximate surface area is 241 Å². The Morgan fingerprint density at radius 2 is 1.81 bits per heavy atom. The zero-order valence-corrected chi connectivity index (χ0v) is 23.2. The molecule has 0 N–H and O–H groups in total. The Morgan fingerprint density at radius 1 is 1.02 bits per heavy atom. The number of hydrogen-bond donors (Lipinski definition) is 0. The van der Waals surface area contributed by atoms with Crippen molar-refractivity contribution in [1.82, 2.24) is 19.0 Å². The maximum Gasteiger partial charge on any atom is 0.333 e. The van der Waals surface area contributed by atoms with E-state index in [-0.39, 0.29) is 40.7 Å². The van der Waals surface area contributed by atoms with Gasteiger partial charge in [0, 0.05) is 61.9 Å². The lowest BCUT2D eigenvalue weighted by atomic mass is 10.1. The van der Waals surface area contributed by atoms with E-state index in [2.05, 4.69) is 4.98 Å². The van der Waals surface area contributed by atoms with Crippen molar-refractivity contribution in [3.8, 4) is 0 Å². The third kappa shape index (κ3) is 4.86. The molecule has 4 heterocycles. The number of pyridine rings is 1. The zero-order valence-electron chi connectivity index (χ0n) is 23.2. The van der Waals surface area contributed by atoms with Gasteiger partial charge < -0.3 is 4.90 Å². The molecule has 2 saturated carbocycles. The summed E-state index contributed by atoms with van der Waals surface area (Å²) in [7, 11) is 0. The van der Waals surface area contributed by atoms with Crippen LogP contribution in [0.25, 0.3) is 0 Å². The molecule has 0 atom stereocenters. The number of fused-ring (bicyclic) bond motifs is 1. The van der Waals surface area contributed by atoms with Crippen LogP contribution in [-0.2, 0) is 11.2 Å². The average Bonchev–Trinajstić information content (AvgIpc) is 3.91. The summed E-state index contributed by atoms with van der Waals surface area (Å²) in [5.41, 5.74) is 1.60. The molecule has 0 spiro atoms. The highest BCUT2D eigenvalue weighted by Crippen LogP contribution is 2.40. The van der Waals surface area contributed by atoms with Gasteiger partial charge in [0.05, 0.1) is 11.3 Å². The van der Waals surface area contributed by atoms with Crippen molar-refractivity contribution in [2.45, 2.75) is 63.5 Å². The molecular weight excluding hydrogens is 539 g/mol. The predicted molar refractivity (Wildman–Crippen MR) is 154 cm³/mol. The van der Waals surface area contributed by atoms with E-state index in [9.17, 15) is 23.6 Å². The van der Waals surface area contributed by atoms with Crippen molar-refractivity contribution in [2.75, 3.05) is 24.5 Å². The summed E-state index contributed by atoms with van der Waals surface area (Å²) >= 11 is 0. The van der Waals surface area contributed by atoms with Gasteiger partial charge in [-0.25, -0.2) is 19.2 Å². The first-order valence-corrected chi connectivity index (χ1v) is 14.7. The molecule has 3 fully saturated rings. The van der Waals surface area contributed by atoms with Crippen LogP contribution in [0.1, 0.15) is 78.5 Å². The number of anilines is 1. The molecule has 7 rings (SSSR count). The molecule has 2 aliphatic heterocycles. The SMILES string of the molecule is O=C1CCCN1CCCN(C(=O)c1cccc(F)c1)c1ccc(C2=Nc3c(c(=O)n(C4CC4)c(=O)n3C3CC3)C2)cn1. The monoisotopic (exact) mass is 570 g/mol. The fourth-order valence-electron chi connectivity index (χ4n) is 5.95. The molecule has 0 unspecified atom stereocenters. The Morgan fingerprint density at radius 3 is 2.48 bits per heavy atom. The van der Waals surface area contributed by atoms with Crippen LogP contribution in [0.15, 0.2) is 57.2 Å². The number of rotatable bonds is 9. The summed E-state index contributed by atoms with van der Waals surface area (Å²) in [6, 6.07) is 9.14. The van der Waals surface area contributed by atoms with Crippen molar-refractivity contribution in [1.29, 1.82) is 0 Å². The van der Waals surface area contributed by atoms with E-state index in [0.29, 0.717) is 67.4 Å². The molecule has 2 aromatic heterocycles. The number of likely N-dealkylation sites (tertiary alicyclic amines) is 1. The number of carbonyl (C=O) groups excluding carboxylic acids is 2. The van der Waals surface area contributed by atoms with E-state index < -0.39 is 5.82 Å². The molecule has 2 amide bonds. The number of aromatic nitrogens is 3. The lowest BCUT2D eigenvalue weighted by Gasteiger charge is -2.24. The van der Waals surface area contributed by atoms with Gasteiger partial charge in [-0.2, -0.15) is 0 Å². The van der Waals surface area contributed by atoms with Gasteiger partial charge in [-0.1, -0.05) is 6.07 Å². The minimum atomic E-state index is -0.504. The van der Waals surface area contributed by atoms with Crippen molar-refractivity contribution in [3.05, 3.63) is 85.9 Å². The fourth-order valence-corrected chi connectivity index (χ4v) is 5.95. The van der Waals surface area contributed by atoms with E-state index in [1.807, 2.05) is 6.07 Å². The molecule has 1 aromatic carbocycles. The third-order valence-electron chi connectivity index (χ3n) is 8.45. The van der Waals surface area contributed by atoms with Crippen molar-refractivity contribution < 1.29 is 14.0 Å². The lowest BCUT2D eigenvalue weighted by molar-refractivity contribution is -0.127. The molecule has 2 aliphatic carbocycles. The molecule has 11 heteroatoms. The summed E-state index contributed by atoms with van der Waals surface area (Å²) in [4.78, 5) is 64.7. The second-order valence-corrected chi connectivity index (χ2v) is 11.5. The Balaban J connectivity index is 1.16. The maximum atomic E-state index is 14.0. The van der Waals surface area contributed by atoms with Gasteiger partial charge in [-0.3, -0.25) is 28.4 Å². The topological polar surface area (TPSA) is 110 Å². The average molecular weight is 571 g/mol. The van der Waals surface area contributed by atoms with Crippen LogP contribution in [0.2, 0.25) is 0 Å². The molecule has 216 valence electrons. The molecule has 0 radical (unpaired) electrons. The highest BCUT2D eigenvalue weighted by atomic mass is 19.1. The molecule has 10 nitrogen and oxygen atoms in total. The summed E-state index contributed by atoms with van der Waals surface area (Å²) in [6.07, 6.45) is 7.35. The van der Waals surface area contributed by atoms with Crippen LogP contribution in [0.5, 0.6) is 0 Å². The van der Waals surface area contributed by atoms with E-state index in [1.165, 1.54) is 27.7 Å². The van der Waals surface area contributed by atoms with Crippen LogP contribution in [0, 0.1) is 5.82 Å². The van der Waals surface area contributed by atoms with Gasteiger partial charge in [0.1, 0.15) is 17.5 Å². The fraction of sp³-hybridized carbons (Fsp3) is 0.419. The Hall–Kier alpha value is -4.41. The first-order valence-electron chi connectivity index (χ1n) is 14.7. The Bertz CT molecular complexity index is 1740. The normalized spacial score (nSPS) is 17.9. The van der Waals surface area contributed by atoms with Gasteiger partial charge in [-0.15, -0.1) is 0 Å². The van der Waals surface area contributed by atoms with E-state index in [4.69, 9.17) is 4.99 Å². The van der Waals surface area contributed by atoms with Crippen molar-refractivity contribution in [3.63, 3.8) is 0 Å². The molecule has 3 aromatic rings. The van der Waals surface area contributed by atoms with Crippen molar-refractivity contribution >= 4 is 29.2 Å². The van der Waals surface area contributed by atoms with E-state index >= 15 is 0 Å². The summed E-state index contributed by atoms with van der Waals surface area (Å²) in [5, 5.41) is 0. The lowest BCUT2D eigenvalue weighted by Crippen LogP contribution is -2.40. The number of aliphatic imine (C=N–C) groups is 1. The van der Waals surface area contributed by atoms with Crippen LogP contribution >= 0.6 is 0 Å². The van der Waals surface area contributed by atoms with Gasteiger partial charge in [0.25, 0.3) is 11.5 Å². The molecule has 4 aliphatic rings. The predicted octanol–water partition coefficient (Wildman–Crippen LogP) is 3.55. The standard InChI is InChI=1S/C31H31FN6O4/c32-21-5-1-4-19(16-21)29(40)36(15-3-14-35-13-2-6-27(35)39)26-12-7-20(18-33-26)25-17-24-28(34-25)37(22-8-9-22)31(42)38(30(24)41)23-10-11-23/h1,4-5,7,12,16,18,22-23H,2-3,6,8-11,13-15,17H2. The van der Waals surface area contributed by atoms with Crippen LogP contribution in [0.3, 0.4) is 0 Å². The first kappa shape index (κ1) is 26.5. The number of carbonyl (C=O) groups is 2. The minimum absolute atomic E-state index is 0.0181. The second kappa shape index (κ2) is 10.5. The summed E-state index contributed by atoms with van der Waals surface area (Å²) < 4.78 is 17.1. The number of nitrogens with zero attached hydrogens (tertiary/aromatic N) is 6. The van der Waals surface area contributed by atoms with E-state index in [1.54, 1.807) is 27.8 Å². The number of hydrogen-bond acceptors (Lipinski definition) is 6.